The number of benzene rings is 3. The molecule has 3 aromatic rings. The lowest BCUT2D eigenvalue weighted by Gasteiger charge is -2.33. The average molecular weight is 596 g/mol. The molecule has 0 aliphatic rings. The number of carbonyl (C=O) groups excluding carboxylic acids is 2. The summed E-state index contributed by atoms with van der Waals surface area (Å²) in [5.41, 5.74) is 2.45. The number of aryl methyl sites for hydroxylation is 2. The number of methoxy groups -OCH3 is 2. The maximum Gasteiger partial charge on any atom is 0.264 e. The van der Waals surface area contributed by atoms with Crippen molar-refractivity contribution in [1.82, 2.24) is 10.2 Å². The molecule has 0 spiro atoms. The molecular formula is C32H41N3O6S. The lowest BCUT2D eigenvalue weighted by Crippen LogP contribution is -2.54. The number of amides is 2. The van der Waals surface area contributed by atoms with Gasteiger partial charge < -0.3 is 19.7 Å². The molecule has 0 saturated heterocycles. The van der Waals surface area contributed by atoms with E-state index in [4.69, 9.17) is 9.47 Å². The van der Waals surface area contributed by atoms with Gasteiger partial charge in [0, 0.05) is 18.2 Å². The van der Waals surface area contributed by atoms with E-state index in [1.807, 2.05) is 58.9 Å². The lowest BCUT2D eigenvalue weighted by molar-refractivity contribution is -0.140. The Bertz CT molecular complexity index is 1500. The van der Waals surface area contributed by atoms with E-state index >= 15 is 0 Å². The topological polar surface area (TPSA) is 105 Å². The molecule has 0 aliphatic heterocycles. The van der Waals surface area contributed by atoms with Gasteiger partial charge in [-0.05, 0) is 71.4 Å². The number of rotatable bonds is 11. The van der Waals surface area contributed by atoms with Crippen LogP contribution in [0.5, 0.6) is 11.5 Å². The maximum absolute atomic E-state index is 14.1. The van der Waals surface area contributed by atoms with Gasteiger partial charge in [-0.15, -0.1) is 0 Å². The molecule has 0 heterocycles. The number of carbonyl (C=O) groups is 2. The third-order valence-electron chi connectivity index (χ3n) is 6.68. The van der Waals surface area contributed by atoms with Crippen LogP contribution in [0.25, 0.3) is 0 Å². The molecule has 0 radical (unpaired) electrons. The van der Waals surface area contributed by atoms with E-state index < -0.39 is 34.1 Å². The fourth-order valence-electron chi connectivity index (χ4n) is 4.29. The smallest absolute Gasteiger partial charge is 0.264 e. The summed E-state index contributed by atoms with van der Waals surface area (Å²) in [5, 5.41) is 2.93. The van der Waals surface area contributed by atoms with Gasteiger partial charge in [0.25, 0.3) is 10.0 Å². The summed E-state index contributed by atoms with van der Waals surface area (Å²) in [6, 6.07) is 17.8. The highest BCUT2D eigenvalue weighted by Crippen LogP contribution is 2.34. The number of hydrogen-bond donors (Lipinski definition) is 1. The third-order valence-corrected chi connectivity index (χ3v) is 8.47. The van der Waals surface area contributed by atoms with Crippen molar-refractivity contribution in [3.63, 3.8) is 0 Å². The molecule has 226 valence electrons. The minimum Gasteiger partial charge on any atom is -0.493 e. The van der Waals surface area contributed by atoms with Gasteiger partial charge in [0.15, 0.2) is 11.5 Å². The van der Waals surface area contributed by atoms with Gasteiger partial charge in [0.2, 0.25) is 11.8 Å². The molecule has 42 heavy (non-hydrogen) atoms. The van der Waals surface area contributed by atoms with Crippen LogP contribution in [0.2, 0.25) is 0 Å². The van der Waals surface area contributed by atoms with Crippen molar-refractivity contribution in [3.8, 4) is 11.5 Å². The van der Waals surface area contributed by atoms with E-state index in [1.165, 1.54) is 37.3 Å². The monoisotopic (exact) mass is 595 g/mol. The van der Waals surface area contributed by atoms with Crippen LogP contribution in [0.15, 0.2) is 71.6 Å². The predicted octanol–water partition coefficient (Wildman–Crippen LogP) is 4.85. The Balaban J connectivity index is 2.09. The van der Waals surface area contributed by atoms with Gasteiger partial charge >= 0.3 is 0 Å². The molecule has 0 unspecified atom stereocenters. The minimum absolute atomic E-state index is 0.0271. The van der Waals surface area contributed by atoms with Crippen molar-refractivity contribution in [2.24, 2.45) is 0 Å². The fraction of sp³-hybridized carbons (Fsp3) is 0.375. The summed E-state index contributed by atoms with van der Waals surface area (Å²) < 4.78 is 39.9. The quantitative estimate of drug-likeness (QED) is 0.340. The zero-order chi connectivity index (χ0) is 31.2. The normalized spacial score (nSPS) is 12.3. The van der Waals surface area contributed by atoms with Crippen molar-refractivity contribution in [2.45, 2.75) is 64.6 Å². The first-order chi connectivity index (χ1) is 19.7. The van der Waals surface area contributed by atoms with Crippen molar-refractivity contribution in [2.75, 3.05) is 25.1 Å². The number of ether oxygens (including phenoxy) is 2. The Labute approximate surface area is 249 Å². The van der Waals surface area contributed by atoms with E-state index in [0.717, 1.165) is 21.0 Å². The molecule has 1 N–H and O–H groups in total. The van der Waals surface area contributed by atoms with Gasteiger partial charge in [-0.25, -0.2) is 8.42 Å². The van der Waals surface area contributed by atoms with Crippen LogP contribution in [0.3, 0.4) is 0 Å². The molecule has 3 aromatic carbocycles. The Morgan fingerprint density at radius 1 is 0.857 bits per heavy atom. The van der Waals surface area contributed by atoms with Crippen molar-refractivity contribution in [1.29, 1.82) is 0 Å². The van der Waals surface area contributed by atoms with Crippen LogP contribution in [-0.4, -0.2) is 57.5 Å². The second-order valence-electron chi connectivity index (χ2n) is 11.3. The van der Waals surface area contributed by atoms with Gasteiger partial charge in [-0.1, -0.05) is 47.5 Å². The van der Waals surface area contributed by atoms with Crippen LogP contribution in [0.1, 0.15) is 44.4 Å². The van der Waals surface area contributed by atoms with Gasteiger partial charge in [0.1, 0.15) is 12.6 Å². The molecule has 3 rings (SSSR count). The predicted molar refractivity (Wildman–Crippen MR) is 164 cm³/mol. The van der Waals surface area contributed by atoms with Crippen LogP contribution >= 0.6 is 0 Å². The molecule has 9 nitrogen and oxygen atoms in total. The summed E-state index contributed by atoms with van der Waals surface area (Å²) in [6.07, 6.45) is 0. The first kappa shape index (κ1) is 32.5. The van der Waals surface area contributed by atoms with Gasteiger partial charge in [-0.2, -0.15) is 0 Å². The van der Waals surface area contributed by atoms with E-state index in [0.29, 0.717) is 11.5 Å². The van der Waals surface area contributed by atoms with Gasteiger partial charge in [0.05, 0.1) is 24.8 Å². The highest BCUT2D eigenvalue weighted by atomic mass is 32.2. The Morgan fingerprint density at radius 3 is 1.93 bits per heavy atom. The zero-order valence-electron chi connectivity index (χ0n) is 25.6. The van der Waals surface area contributed by atoms with E-state index in [-0.39, 0.29) is 23.0 Å². The standard InChI is InChI=1S/C32H41N3O6S/c1-22-9-13-25(14-10-22)20-34(24(3)31(37)33-32(4,5)6)30(36)21-35(26-15-18-28(40-7)29(19-26)41-8)42(38,39)27-16-11-23(2)12-17-27/h9-19,24H,20-21H2,1-8H3,(H,33,37)/t24-/m1/s1. The molecule has 2 amide bonds. The zero-order valence-corrected chi connectivity index (χ0v) is 26.4. The summed E-state index contributed by atoms with van der Waals surface area (Å²) in [6.45, 7) is 10.6. The fourth-order valence-corrected chi connectivity index (χ4v) is 5.70. The van der Waals surface area contributed by atoms with Crippen LogP contribution in [-0.2, 0) is 26.2 Å². The summed E-state index contributed by atoms with van der Waals surface area (Å²) in [7, 11) is -1.28. The van der Waals surface area contributed by atoms with Crippen molar-refractivity contribution < 1.29 is 27.5 Å². The molecule has 0 aliphatic carbocycles. The van der Waals surface area contributed by atoms with Crippen LogP contribution in [0.4, 0.5) is 5.69 Å². The first-order valence-electron chi connectivity index (χ1n) is 13.6. The van der Waals surface area contributed by atoms with E-state index in [1.54, 1.807) is 31.2 Å². The van der Waals surface area contributed by atoms with E-state index in [2.05, 4.69) is 5.32 Å². The third kappa shape index (κ3) is 8.03. The first-order valence-corrected chi connectivity index (χ1v) is 15.1. The van der Waals surface area contributed by atoms with Crippen molar-refractivity contribution in [3.05, 3.63) is 83.4 Å². The number of nitrogens with one attached hydrogen (secondary N) is 1. The largest absolute Gasteiger partial charge is 0.493 e. The summed E-state index contributed by atoms with van der Waals surface area (Å²) >= 11 is 0. The summed E-state index contributed by atoms with van der Waals surface area (Å²) in [5.74, 6) is -0.172. The Kier molecular flexibility index (Phi) is 10.3. The maximum atomic E-state index is 14.1. The number of sulfonamides is 1. The minimum atomic E-state index is -4.21. The molecule has 0 fully saturated rings. The molecule has 0 bridgehead atoms. The van der Waals surface area contributed by atoms with Gasteiger partial charge in [-0.3, -0.25) is 13.9 Å². The van der Waals surface area contributed by atoms with Crippen molar-refractivity contribution >= 4 is 27.5 Å². The molecule has 0 saturated carbocycles. The van der Waals surface area contributed by atoms with E-state index in [9.17, 15) is 18.0 Å². The van der Waals surface area contributed by atoms with Crippen LogP contribution < -0.4 is 19.1 Å². The second kappa shape index (κ2) is 13.3. The number of anilines is 1. The molecule has 10 heteroatoms. The number of nitrogens with zero attached hydrogens (tertiary/aromatic N) is 2. The average Bonchev–Trinajstić information content (AvgIpc) is 2.94. The number of hydrogen-bond acceptors (Lipinski definition) is 6. The highest BCUT2D eigenvalue weighted by Gasteiger charge is 2.33. The summed E-state index contributed by atoms with van der Waals surface area (Å²) in [4.78, 5) is 28.8. The molecule has 1 atom stereocenters. The highest BCUT2D eigenvalue weighted by molar-refractivity contribution is 7.92. The lowest BCUT2D eigenvalue weighted by atomic mass is 10.1. The molecule has 0 aromatic heterocycles. The molecular weight excluding hydrogens is 554 g/mol. The Morgan fingerprint density at radius 2 is 1.40 bits per heavy atom. The Hall–Kier alpha value is -4.05. The van der Waals surface area contributed by atoms with Crippen LogP contribution in [0, 0.1) is 13.8 Å². The SMILES string of the molecule is COc1ccc(N(CC(=O)N(Cc2ccc(C)cc2)[C@H](C)C(=O)NC(C)(C)C)S(=O)(=O)c2ccc(C)cc2)cc1OC. The second-order valence-corrected chi connectivity index (χ2v) is 13.1.